The first-order valence-electron chi connectivity index (χ1n) is 7.41. The second kappa shape index (κ2) is 5.74. The smallest absolute Gasteiger partial charge is 0.267 e. The molecule has 1 saturated carbocycles. The quantitative estimate of drug-likeness (QED) is 0.883. The van der Waals surface area contributed by atoms with Gasteiger partial charge < -0.3 is 15.6 Å². The molecule has 0 radical (unpaired) electrons. The number of amides is 1. The summed E-state index contributed by atoms with van der Waals surface area (Å²) in [5, 5.41) is 2.94. The average molecular weight is 283 g/mol. The highest BCUT2D eigenvalue weighted by Crippen LogP contribution is 2.31. The number of aromatic nitrogens is 1. The van der Waals surface area contributed by atoms with E-state index in [1.54, 1.807) is 0 Å². The number of nitrogens with one attached hydrogen (secondary N) is 1. The zero-order valence-electron chi connectivity index (χ0n) is 12.3. The molecule has 21 heavy (non-hydrogen) atoms. The number of carbonyl (C=O) groups excluding carboxylic acids is 1. The van der Waals surface area contributed by atoms with E-state index in [-0.39, 0.29) is 11.9 Å². The molecule has 3 N–H and O–H groups in total. The number of nitrogens with zero attached hydrogens (tertiary/aromatic N) is 1. The number of benzene rings is 1. The van der Waals surface area contributed by atoms with Crippen molar-refractivity contribution in [2.75, 3.05) is 6.54 Å². The van der Waals surface area contributed by atoms with E-state index >= 15 is 0 Å². The molecule has 1 fully saturated rings. The monoisotopic (exact) mass is 283 g/mol. The molecular formula is C17H21N3O. The van der Waals surface area contributed by atoms with Crippen LogP contribution in [0.4, 0.5) is 0 Å². The first kappa shape index (κ1) is 13.9. The third-order valence-corrected chi connectivity index (χ3v) is 4.15. The molecule has 3 rings (SSSR count). The van der Waals surface area contributed by atoms with Gasteiger partial charge >= 0.3 is 0 Å². The highest BCUT2D eigenvalue weighted by molar-refractivity contribution is 5.93. The highest BCUT2D eigenvalue weighted by Gasteiger charge is 2.28. The minimum atomic E-state index is -0.0595. The van der Waals surface area contributed by atoms with Crippen molar-refractivity contribution in [3.05, 3.63) is 48.2 Å². The molecule has 1 unspecified atom stereocenters. The van der Waals surface area contributed by atoms with Crippen molar-refractivity contribution in [3.63, 3.8) is 0 Å². The standard InChI is InChI=1S/C17H21N3O/c1-20-15(13-5-3-2-4-6-13)9-10-16(20)17(21)19-11-14(18)12-7-8-12/h2-6,9-10,12,14H,7-8,11,18H2,1H3,(H,19,21). The van der Waals surface area contributed by atoms with Gasteiger partial charge in [-0.05, 0) is 36.5 Å². The summed E-state index contributed by atoms with van der Waals surface area (Å²) in [7, 11) is 1.91. The van der Waals surface area contributed by atoms with Crippen molar-refractivity contribution in [1.82, 2.24) is 9.88 Å². The Hall–Kier alpha value is -2.07. The third kappa shape index (κ3) is 3.00. The van der Waals surface area contributed by atoms with E-state index in [2.05, 4.69) is 5.32 Å². The van der Waals surface area contributed by atoms with Crippen LogP contribution < -0.4 is 11.1 Å². The summed E-state index contributed by atoms with van der Waals surface area (Å²) in [5.41, 5.74) is 8.82. The molecule has 4 heteroatoms. The van der Waals surface area contributed by atoms with Crippen molar-refractivity contribution >= 4 is 5.91 Å². The minimum absolute atomic E-state index is 0.0595. The maximum Gasteiger partial charge on any atom is 0.267 e. The number of carbonyl (C=O) groups is 1. The van der Waals surface area contributed by atoms with E-state index < -0.39 is 0 Å². The van der Waals surface area contributed by atoms with Crippen LogP contribution >= 0.6 is 0 Å². The Bertz CT molecular complexity index is 629. The van der Waals surface area contributed by atoms with Crippen molar-refractivity contribution in [2.45, 2.75) is 18.9 Å². The maximum atomic E-state index is 12.3. The van der Waals surface area contributed by atoms with Crippen LogP contribution in [0.15, 0.2) is 42.5 Å². The Labute approximate surface area is 125 Å². The zero-order chi connectivity index (χ0) is 14.8. The topological polar surface area (TPSA) is 60.0 Å². The summed E-state index contributed by atoms with van der Waals surface area (Å²) in [5.74, 6) is 0.536. The van der Waals surface area contributed by atoms with E-state index in [1.807, 2.05) is 54.1 Å². The third-order valence-electron chi connectivity index (χ3n) is 4.15. The lowest BCUT2D eigenvalue weighted by atomic mass is 10.2. The second-order valence-corrected chi connectivity index (χ2v) is 5.74. The van der Waals surface area contributed by atoms with Crippen LogP contribution in [-0.4, -0.2) is 23.1 Å². The Kier molecular flexibility index (Phi) is 3.80. The van der Waals surface area contributed by atoms with Gasteiger partial charge in [0, 0.05) is 25.3 Å². The van der Waals surface area contributed by atoms with E-state index in [0.29, 0.717) is 18.2 Å². The van der Waals surface area contributed by atoms with Gasteiger partial charge in [-0.3, -0.25) is 4.79 Å². The number of rotatable bonds is 5. The van der Waals surface area contributed by atoms with Crippen LogP contribution in [0.2, 0.25) is 0 Å². The van der Waals surface area contributed by atoms with Crippen molar-refractivity contribution < 1.29 is 4.79 Å². The molecule has 2 aromatic rings. The Morgan fingerprint density at radius 1 is 1.29 bits per heavy atom. The van der Waals surface area contributed by atoms with Gasteiger partial charge in [0.05, 0.1) is 0 Å². The fourth-order valence-corrected chi connectivity index (χ4v) is 2.63. The molecule has 0 aliphatic heterocycles. The molecule has 0 bridgehead atoms. The predicted molar refractivity (Wildman–Crippen MR) is 83.9 cm³/mol. The fourth-order valence-electron chi connectivity index (χ4n) is 2.63. The lowest BCUT2D eigenvalue weighted by Gasteiger charge is -2.12. The summed E-state index contributed by atoms with van der Waals surface area (Å²) >= 11 is 0. The molecule has 1 aliphatic rings. The van der Waals surface area contributed by atoms with Crippen LogP contribution in [0.25, 0.3) is 11.3 Å². The van der Waals surface area contributed by atoms with Crippen molar-refractivity contribution in [1.29, 1.82) is 0 Å². The van der Waals surface area contributed by atoms with Gasteiger partial charge in [0.2, 0.25) is 0 Å². The molecule has 1 aromatic carbocycles. The van der Waals surface area contributed by atoms with Gasteiger partial charge in [0.15, 0.2) is 0 Å². The normalized spacial score (nSPS) is 15.7. The van der Waals surface area contributed by atoms with Crippen LogP contribution in [0.5, 0.6) is 0 Å². The van der Waals surface area contributed by atoms with Crippen molar-refractivity contribution in [3.8, 4) is 11.3 Å². The maximum absolute atomic E-state index is 12.3. The predicted octanol–water partition coefficient (Wildman–Crippen LogP) is 2.16. The molecule has 1 aromatic heterocycles. The summed E-state index contributed by atoms with van der Waals surface area (Å²) in [6, 6.07) is 14.0. The Morgan fingerprint density at radius 3 is 2.67 bits per heavy atom. The van der Waals surface area contributed by atoms with Gasteiger partial charge in [-0.15, -0.1) is 0 Å². The minimum Gasteiger partial charge on any atom is -0.349 e. The SMILES string of the molecule is Cn1c(C(=O)NCC(N)C2CC2)ccc1-c1ccccc1. The van der Waals surface area contributed by atoms with E-state index in [1.165, 1.54) is 12.8 Å². The number of hydrogen-bond acceptors (Lipinski definition) is 2. The summed E-state index contributed by atoms with van der Waals surface area (Å²) in [6.07, 6.45) is 2.39. The zero-order valence-corrected chi connectivity index (χ0v) is 12.3. The molecule has 1 amide bonds. The van der Waals surface area contributed by atoms with E-state index in [0.717, 1.165) is 11.3 Å². The molecule has 0 spiro atoms. The van der Waals surface area contributed by atoms with Gasteiger partial charge in [-0.2, -0.15) is 0 Å². The van der Waals surface area contributed by atoms with Gasteiger partial charge in [0.25, 0.3) is 5.91 Å². The van der Waals surface area contributed by atoms with Crippen molar-refractivity contribution in [2.24, 2.45) is 18.7 Å². The first-order chi connectivity index (χ1) is 10.2. The summed E-state index contributed by atoms with van der Waals surface area (Å²) in [6.45, 7) is 0.551. The largest absolute Gasteiger partial charge is 0.349 e. The fraction of sp³-hybridized carbons (Fsp3) is 0.353. The molecule has 1 aliphatic carbocycles. The summed E-state index contributed by atoms with van der Waals surface area (Å²) in [4.78, 5) is 12.3. The van der Waals surface area contributed by atoms with Gasteiger partial charge in [-0.25, -0.2) is 0 Å². The second-order valence-electron chi connectivity index (χ2n) is 5.74. The number of nitrogens with two attached hydrogens (primary N) is 1. The lowest BCUT2D eigenvalue weighted by Crippen LogP contribution is -2.39. The lowest BCUT2D eigenvalue weighted by molar-refractivity contribution is 0.0942. The average Bonchev–Trinajstić information content (AvgIpc) is 3.28. The highest BCUT2D eigenvalue weighted by atomic mass is 16.1. The van der Waals surface area contributed by atoms with Gasteiger partial charge in [0.1, 0.15) is 5.69 Å². The van der Waals surface area contributed by atoms with E-state index in [9.17, 15) is 4.79 Å². The molecular weight excluding hydrogens is 262 g/mol. The molecule has 1 heterocycles. The van der Waals surface area contributed by atoms with Crippen LogP contribution in [0, 0.1) is 5.92 Å². The molecule has 1 atom stereocenters. The van der Waals surface area contributed by atoms with Gasteiger partial charge in [-0.1, -0.05) is 30.3 Å². The van der Waals surface area contributed by atoms with E-state index in [4.69, 9.17) is 5.73 Å². The Morgan fingerprint density at radius 2 is 2.00 bits per heavy atom. The molecule has 110 valence electrons. The summed E-state index contributed by atoms with van der Waals surface area (Å²) < 4.78 is 1.92. The number of hydrogen-bond donors (Lipinski definition) is 2. The molecule has 4 nitrogen and oxygen atoms in total. The van der Waals surface area contributed by atoms with Crippen LogP contribution in [-0.2, 0) is 7.05 Å². The molecule has 0 saturated heterocycles. The van der Waals surface area contributed by atoms with Crippen LogP contribution in [0.3, 0.4) is 0 Å². The van der Waals surface area contributed by atoms with Crippen LogP contribution in [0.1, 0.15) is 23.3 Å². The Balaban J connectivity index is 1.71. The first-order valence-corrected chi connectivity index (χ1v) is 7.41.